The lowest BCUT2D eigenvalue weighted by Gasteiger charge is -2.08. The molecule has 2 aromatic heterocycles. The molecule has 0 atom stereocenters. The summed E-state index contributed by atoms with van der Waals surface area (Å²) in [5, 5.41) is 4.55. The number of H-pyrrole nitrogens is 1. The summed E-state index contributed by atoms with van der Waals surface area (Å²) in [5.41, 5.74) is 3.62. The second-order valence-corrected chi connectivity index (χ2v) is 5.54. The molecule has 0 aliphatic heterocycles. The summed E-state index contributed by atoms with van der Waals surface area (Å²) >= 11 is 5.51. The first-order chi connectivity index (χ1) is 10.7. The summed E-state index contributed by atoms with van der Waals surface area (Å²) in [5.74, 6) is 1.47. The number of rotatable bonds is 4. The number of methoxy groups -OCH3 is 1. The molecule has 2 heterocycles. The summed E-state index contributed by atoms with van der Waals surface area (Å²) in [7, 11) is 3.55. The fourth-order valence-corrected chi connectivity index (χ4v) is 2.95. The summed E-state index contributed by atoms with van der Waals surface area (Å²) < 4.78 is 7.87. The second kappa shape index (κ2) is 5.88. The van der Waals surface area contributed by atoms with Crippen LogP contribution in [0.5, 0.6) is 5.75 Å². The number of hydrogen-bond donors (Lipinski definition) is 1. The second-order valence-electron chi connectivity index (χ2n) is 5.13. The topological polar surface area (TPSA) is 55.7 Å². The molecule has 22 heavy (non-hydrogen) atoms. The van der Waals surface area contributed by atoms with Crippen molar-refractivity contribution in [2.45, 2.75) is 19.8 Å². The zero-order valence-corrected chi connectivity index (χ0v) is 13.7. The highest BCUT2D eigenvalue weighted by molar-refractivity contribution is 7.71. The fourth-order valence-electron chi connectivity index (χ4n) is 2.62. The van der Waals surface area contributed by atoms with Crippen molar-refractivity contribution in [1.29, 1.82) is 0 Å². The Labute approximate surface area is 134 Å². The predicted octanol–water partition coefficient (Wildman–Crippen LogP) is 3.65. The van der Waals surface area contributed by atoms with Gasteiger partial charge in [0.1, 0.15) is 27.2 Å². The van der Waals surface area contributed by atoms with Gasteiger partial charge in [-0.25, -0.2) is 4.98 Å². The monoisotopic (exact) mass is 314 g/mol. The zero-order valence-electron chi connectivity index (χ0n) is 12.9. The van der Waals surface area contributed by atoms with Crippen molar-refractivity contribution in [1.82, 2.24) is 19.7 Å². The molecule has 5 nitrogen and oxygen atoms in total. The molecule has 0 aliphatic carbocycles. The first kappa shape index (κ1) is 14.7. The summed E-state index contributed by atoms with van der Waals surface area (Å²) in [4.78, 5) is 7.97. The van der Waals surface area contributed by atoms with Crippen molar-refractivity contribution >= 4 is 23.3 Å². The lowest BCUT2D eigenvalue weighted by Crippen LogP contribution is -1.96. The quantitative estimate of drug-likeness (QED) is 0.747. The number of hydrogen-bond acceptors (Lipinski definition) is 4. The van der Waals surface area contributed by atoms with E-state index < -0.39 is 0 Å². The van der Waals surface area contributed by atoms with Crippen LogP contribution in [-0.4, -0.2) is 26.9 Å². The Morgan fingerprint density at radius 2 is 2.09 bits per heavy atom. The lowest BCUT2D eigenvalue weighted by molar-refractivity contribution is 0.416. The summed E-state index contributed by atoms with van der Waals surface area (Å²) in [6.07, 6.45) is 1.90. The Balaban J connectivity index is 2.28. The van der Waals surface area contributed by atoms with E-state index >= 15 is 0 Å². The number of nitrogens with zero attached hydrogens (tertiary/aromatic N) is 3. The van der Waals surface area contributed by atoms with Crippen molar-refractivity contribution in [3.05, 3.63) is 34.6 Å². The smallest absolute Gasteiger partial charge is 0.142 e. The maximum absolute atomic E-state index is 5.51. The molecule has 0 amide bonds. The highest BCUT2D eigenvalue weighted by Crippen LogP contribution is 2.29. The van der Waals surface area contributed by atoms with Gasteiger partial charge in [0.05, 0.1) is 18.4 Å². The fraction of sp³-hybridized carbons (Fsp3) is 0.312. The first-order valence-electron chi connectivity index (χ1n) is 7.25. The molecule has 0 unspecified atom stereocenters. The molecular formula is C16H18N4OS. The minimum Gasteiger partial charge on any atom is -0.496 e. The van der Waals surface area contributed by atoms with Crippen molar-refractivity contribution in [2.75, 3.05) is 7.11 Å². The van der Waals surface area contributed by atoms with Gasteiger partial charge in [0.25, 0.3) is 0 Å². The molecule has 1 N–H and O–H groups in total. The van der Waals surface area contributed by atoms with Gasteiger partial charge in [0, 0.05) is 7.05 Å². The van der Waals surface area contributed by atoms with E-state index in [0.717, 1.165) is 40.9 Å². The molecule has 0 radical (unpaired) electrons. The standard InChI is InChI=1S/C16H18N4OS/c1-4-7-11-13-14(20(2)19-11)16(22)18-15(17-13)10-8-5-6-9-12(10)21-3/h5-6,8-9H,4,7H2,1-3H3,(H,17,18,22). The Morgan fingerprint density at radius 1 is 1.32 bits per heavy atom. The average Bonchev–Trinajstić information content (AvgIpc) is 2.84. The third-order valence-corrected chi connectivity index (χ3v) is 3.91. The van der Waals surface area contributed by atoms with Gasteiger partial charge in [0.15, 0.2) is 0 Å². The van der Waals surface area contributed by atoms with E-state index in [1.807, 2.05) is 31.3 Å². The van der Waals surface area contributed by atoms with Crippen molar-refractivity contribution in [3.63, 3.8) is 0 Å². The number of nitrogens with one attached hydrogen (secondary N) is 1. The number of para-hydroxylation sites is 1. The zero-order chi connectivity index (χ0) is 15.7. The summed E-state index contributed by atoms with van der Waals surface area (Å²) in [6.45, 7) is 2.13. The Bertz CT molecular complexity index is 881. The molecule has 3 aromatic rings. The van der Waals surface area contributed by atoms with Crippen LogP contribution in [0.1, 0.15) is 19.0 Å². The first-order valence-corrected chi connectivity index (χ1v) is 7.65. The van der Waals surface area contributed by atoms with Gasteiger partial charge in [-0.3, -0.25) is 4.68 Å². The van der Waals surface area contributed by atoms with Crippen molar-refractivity contribution < 1.29 is 4.74 Å². The molecule has 1 aromatic carbocycles. The van der Waals surface area contributed by atoms with Crippen LogP contribution in [-0.2, 0) is 13.5 Å². The number of ether oxygens (including phenoxy) is 1. The van der Waals surface area contributed by atoms with Crippen LogP contribution < -0.4 is 4.74 Å². The third kappa shape index (κ3) is 2.39. The Hall–Kier alpha value is -2.21. The molecule has 0 saturated carbocycles. The van der Waals surface area contributed by atoms with Crippen molar-refractivity contribution in [2.24, 2.45) is 7.05 Å². The number of aryl methyl sites for hydroxylation is 2. The van der Waals surface area contributed by atoms with Gasteiger partial charge in [-0.1, -0.05) is 37.7 Å². The van der Waals surface area contributed by atoms with E-state index in [9.17, 15) is 0 Å². The molecule has 3 rings (SSSR count). The predicted molar refractivity (Wildman–Crippen MR) is 89.7 cm³/mol. The molecular weight excluding hydrogens is 296 g/mol. The van der Waals surface area contributed by atoms with Gasteiger partial charge in [-0.05, 0) is 18.6 Å². The largest absolute Gasteiger partial charge is 0.496 e. The van der Waals surface area contributed by atoms with E-state index in [0.29, 0.717) is 10.5 Å². The van der Waals surface area contributed by atoms with Crippen molar-refractivity contribution in [3.8, 4) is 17.1 Å². The van der Waals surface area contributed by atoms with E-state index in [1.165, 1.54) is 0 Å². The SMILES string of the molecule is CCCc1nn(C)c2c(=S)[nH]c(-c3ccccc3OC)nc12. The molecule has 0 saturated heterocycles. The molecule has 6 heteroatoms. The average molecular weight is 314 g/mol. The van der Waals surface area contributed by atoms with Crippen LogP contribution in [0.3, 0.4) is 0 Å². The Kier molecular flexibility index (Phi) is 3.94. The van der Waals surface area contributed by atoms with Gasteiger partial charge in [0.2, 0.25) is 0 Å². The van der Waals surface area contributed by atoms with Crippen LogP contribution in [0.4, 0.5) is 0 Å². The van der Waals surface area contributed by atoms with E-state index in [1.54, 1.807) is 11.8 Å². The highest BCUT2D eigenvalue weighted by atomic mass is 32.1. The minimum atomic E-state index is 0.642. The van der Waals surface area contributed by atoms with Crippen LogP contribution in [0, 0.1) is 4.64 Å². The molecule has 0 spiro atoms. The molecule has 0 bridgehead atoms. The van der Waals surface area contributed by atoms with Crippen LogP contribution in [0.2, 0.25) is 0 Å². The van der Waals surface area contributed by atoms with Gasteiger partial charge < -0.3 is 9.72 Å². The maximum atomic E-state index is 5.51. The number of aromatic amines is 1. The number of aromatic nitrogens is 4. The van der Waals surface area contributed by atoms with Gasteiger partial charge in [-0.15, -0.1) is 0 Å². The van der Waals surface area contributed by atoms with E-state index in [-0.39, 0.29) is 0 Å². The van der Waals surface area contributed by atoms with Crippen LogP contribution in [0.25, 0.3) is 22.4 Å². The van der Waals surface area contributed by atoms with Gasteiger partial charge >= 0.3 is 0 Å². The number of fused-ring (bicyclic) bond motifs is 1. The summed E-state index contributed by atoms with van der Waals surface area (Å²) in [6, 6.07) is 7.77. The van der Waals surface area contributed by atoms with Crippen LogP contribution >= 0.6 is 12.2 Å². The van der Waals surface area contributed by atoms with E-state index in [2.05, 4.69) is 17.0 Å². The Morgan fingerprint density at radius 3 is 2.82 bits per heavy atom. The molecule has 114 valence electrons. The van der Waals surface area contributed by atoms with Crippen LogP contribution in [0.15, 0.2) is 24.3 Å². The molecule has 0 fully saturated rings. The third-order valence-electron chi connectivity index (χ3n) is 3.61. The van der Waals surface area contributed by atoms with Gasteiger partial charge in [-0.2, -0.15) is 5.10 Å². The lowest BCUT2D eigenvalue weighted by atomic mass is 10.1. The minimum absolute atomic E-state index is 0.642. The maximum Gasteiger partial charge on any atom is 0.142 e. The van der Waals surface area contributed by atoms with E-state index in [4.69, 9.17) is 21.9 Å². The highest BCUT2D eigenvalue weighted by Gasteiger charge is 2.15. The normalized spacial score (nSPS) is 11.0. The number of benzene rings is 1. The molecule has 0 aliphatic rings.